The molecule has 1 saturated heterocycles. The number of sulfonamides is 1. The van der Waals surface area contributed by atoms with Crippen LogP contribution in [0.2, 0.25) is 0 Å². The smallest absolute Gasteiger partial charge is 0.261 e. The highest BCUT2D eigenvalue weighted by atomic mass is 32.2. The molecule has 0 aromatic heterocycles. The van der Waals surface area contributed by atoms with E-state index in [9.17, 15) is 13.2 Å². The van der Waals surface area contributed by atoms with Gasteiger partial charge in [0, 0.05) is 29.5 Å². The van der Waals surface area contributed by atoms with Crippen LogP contribution in [-0.2, 0) is 16.6 Å². The van der Waals surface area contributed by atoms with Crippen molar-refractivity contribution in [2.45, 2.75) is 43.7 Å². The molecule has 1 amide bonds. The summed E-state index contributed by atoms with van der Waals surface area (Å²) in [4.78, 5) is 15.3. The minimum atomic E-state index is -3.67. The molecule has 1 aliphatic rings. The number of anilines is 2. The van der Waals surface area contributed by atoms with Crippen molar-refractivity contribution in [1.82, 2.24) is 4.90 Å². The summed E-state index contributed by atoms with van der Waals surface area (Å²) in [5, 5.41) is 2.90. The normalized spacial score (nSPS) is 16.8. The standard InChI is InChI=1S/C26H29N3O3S/c1-20-7-5-6-18-29(20)19-21-10-14-23(15-11-21)27-26(30)22-12-16-24(17-13-22)28-33(31,32)25-8-3-2-4-9-25/h2-4,8-17,20,28H,5-7,18-19H2,1H3,(H,27,30). The number of amides is 1. The molecular formula is C26H29N3O3S. The molecule has 3 aromatic carbocycles. The highest BCUT2D eigenvalue weighted by molar-refractivity contribution is 7.92. The lowest BCUT2D eigenvalue weighted by atomic mass is 10.0. The fourth-order valence-corrected chi connectivity index (χ4v) is 5.11. The molecule has 6 nitrogen and oxygen atoms in total. The summed E-state index contributed by atoms with van der Waals surface area (Å²) in [5.74, 6) is -0.245. The topological polar surface area (TPSA) is 78.5 Å². The van der Waals surface area contributed by atoms with Gasteiger partial charge < -0.3 is 5.32 Å². The van der Waals surface area contributed by atoms with Gasteiger partial charge in [0.15, 0.2) is 0 Å². The third kappa shape index (κ3) is 6.00. The molecule has 0 bridgehead atoms. The Balaban J connectivity index is 1.35. The predicted octanol–water partition coefficient (Wildman–Crippen LogP) is 5.11. The first-order valence-corrected chi connectivity index (χ1v) is 12.7. The van der Waals surface area contributed by atoms with Crippen molar-refractivity contribution in [2.75, 3.05) is 16.6 Å². The molecule has 3 aromatic rings. The maximum atomic E-state index is 12.6. The van der Waals surface area contributed by atoms with Gasteiger partial charge in [0.25, 0.3) is 15.9 Å². The summed E-state index contributed by atoms with van der Waals surface area (Å²) in [6, 6.07) is 23.1. The second-order valence-corrected chi connectivity index (χ2v) is 10.1. The molecular weight excluding hydrogens is 434 g/mol. The van der Waals surface area contributed by atoms with Crippen LogP contribution in [0, 0.1) is 0 Å². The zero-order valence-corrected chi connectivity index (χ0v) is 19.5. The first-order chi connectivity index (χ1) is 15.9. The fraction of sp³-hybridized carbons (Fsp3) is 0.269. The Kier molecular flexibility index (Phi) is 7.11. The van der Waals surface area contributed by atoms with E-state index in [0.717, 1.165) is 18.8 Å². The summed E-state index contributed by atoms with van der Waals surface area (Å²) in [6.45, 7) is 4.35. The number of hydrogen-bond donors (Lipinski definition) is 2. The number of hydrogen-bond acceptors (Lipinski definition) is 4. The minimum Gasteiger partial charge on any atom is -0.322 e. The van der Waals surface area contributed by atoms with Crippen LogP contribution in [0.1, 0.15) is 42.1 Å². The van der Waals surface area contributed by atoms with Crippen molar-refractivity contribution in [3.63, 3.8) is 0 Å². The van der Waals surface area contributed by atoms with Crippen LogP contribution in [0.5, 0.6) is 0 Å². The maximum absolute atomic E-state index is 12.6. The van der Waals surface area contributed by atoms with Crippen molar-refractivity contribution in [2.24, 2.45) is 0 Å². The van der Waals surface area contributed by atoms with Crippen molar-refractivity contribution in [3.05, 3.63) is 90.0 Å². The fourth-order valence-electron chi connectivity index (χ4n) is 4.03. The van der Waals surface area contributed by atoms with Gasteiger partial charge in [-0.1, -0.05) is 36.8 Å². The van der Waals surface area contributed by atoms with Crippen molar-refractivity contribution >= 4 is 27.3 Å². The van der Waals surface area contributed by atoms with E-state index in [1.807, 2.05) is 12.1 Å². The van der Waals surface area contributed by atoms with E-state index in [-0.39, 0.29) is 10.8 Å². The molecule has 7 heteroatoms. The minimum absolute atomic E-state index is 0.185. The highest BCUT2D eigenvalue weighted by Gasteiger charge is 2.18. The molecule has 1 heterocycles. The van der Waals surface area contributed by atoms with Crippen LogP contribution in [0.15, 0.2) is 83.8 Å². The van der Waals surface area contributed by atoms with Gasteiger partial charge in [0.2, 0.25) is 0 Å². The van der Waals surface area contributed by atoms with E-state index in [2.05, 4.69) is 34.0 Å². The Morgan fingerprint density at radius 2 is 1.58 bits per heavy atom. The Bertz CT molecular complexity index is 1180. The van der Waals surface area contributed by atoms with Gasteiger partial charge in [-0.25, -0.2) is 8.42 Å². The van der Waals surface area contributed by atoms with E-state index >= 15 is 0 Å². The van der Waals surface area contributed by atoms with Crippen molar-refractivity contribution in [1.29, 1.82) is 0 Å². The van der Waals surface area contributed by atoms with Gasteiger partial charge in [0.1, 0.15) is 0 Å². The molecule has 33 heavy (non-hydrogen) atoms. The molecule has 1 unspecified atom stereocenters. The zero-order valence-electron chi connectivity index (χ0n) is 18.7. The van der Waals surface area contributed by atoms with E-state index in [4.69, 9.17) is 0 Å². The van der Waals surface area contributed by atoms with E-state index in [1.54, 1.807) is 42.5 Å². The quantitative estimate of drug-likeness (QED) is 0.510. The summed E-state index contributed by atoms with van der Waals surface area (Å²) in [7, 11) is -3.67. The Labute approximate surface area is 195 Å². The molecule has 0 radical (unpaired) electrons. The lowest BCUT2D eigenvalue weighted by Crippen LogP contribution is -2.36. The SMILES string of the molecule is CC1CCCCN1Cc1ccc(NC(=O)c2ccc(NS(=O)(=O)c3ccccc3)cc2)cc1. The molecule has 1 atom stereocenters. The maximum Gasteiger partial charge on any atom is 0.261 e. The largest absolute Gasteiger partial charge is 0.322 e. The number of benzene rings is 3. The summed E-state index contributed by atoms with van der Waals surface area (Å²) in [6.07, 6.45) is 3.81. The zero-order chi connectivity index (χ0) is 23.3. The number of carbonyl (C=O) groups excluding carboxylic acids is 1. The monoisotopic (exact) mass is 463 g/mol. The lowest BCUT2D eigenvalue weighted by Gasteiger charge is -2.33. The molecule has 2 N–H and O–H groups in total. The molecule has 172 valence electrons. The Morgan fingerprint density at radius 1 is 0.909 bits per heavy atom. The van der Waals surface area contributed by atoms with E-state index < -0.39 is 10.0 Å². The van der Waals surface area contributed by atoms with Gasteiger partial charge in [0.05, 0.1) is 4.90 Å². The number of piperidine rings is 1. The molecule has 1 aliphatic heterocycles. The number of nitrogens with one attached hydrogen (secondary N) is 2. The molecule has 1 fully saturated rings. The van der Waals surface area contributed by atoms with Crippen LogP contribution in [0.4, 0.5) is 11.4 Å². The number of carbonyl (C=O) groups is 1. The Morgan fingerprint density at radius 3 is 2.24 bits per heavy atom. The number of nitrogens with zero attached hydrogens (tertiary/aromatic N) is 1. The molecule has 0 aliphatic carbocycles. The van der Waals surface area contributed by atoms with Gasteiger partial charge in [-0.15, -0.1) is 0 Å². The van der Waals surface area contributed by atoms with Crippen molar-refractivity contribution < 1.29 is 13.2 Å². The predicted molar refractivity (Wildman–Crippen MR) is 132 cm³/mol. The molecule has 0 spiro atoms. The Hall–Kier alpha value is -3.16. The van der Waals surface area contributed by atoms with Crippen LogP contribution in [0.25, 0.3) is 0 Å². The van der Waals surface area contributed by atoms with E-state index in [1.165, 1.54) is 37.0 Å². The molecule has 0 saturated carbocycles. The molecule has 4 rings (SSSR count). The summed E-state index contributed by atoms with van der Waals surface area (Å²) < 4.78 is 27.4. The second kappa shape index (κ2) is 10.2. The third-order valence-electron chi connectivity index (χ3n) is 5.99. The van der Waals surface area contributed by atoms with Crippen LogP contribution >= 0.6 is 0 Å². The van der Waals surface area contributed by atoms with Crippen LogP contribution in [0.3, 0.4) is 0 Å². The van der Waals surface area contributed by atoms with Gasteiger partial charge in [-0.3, -0.25) is 14.4 Å². The highest BCUT2D eigenvalue weighted by Crippen LogP contribution is 2.21. The average molecular weight is 464 g/mol. The summed E-state index contributed by atoms with van der Waals surface area (Å²) >= 11 is 0. The van der Waals surface area contributed by atoms with E-state index in [0.29, 0.717) is 17.3 Å². The average Bonchev–Trinajstić information content (AvgIpc) is 2.82. The van der Waals surface area contributed by atoms with Crippen LogP contribution < -0.4 is 10.0 Å². The first kappa shape index (κ1) is 23.0. The van der Waals surface area contributed by atoms with Crippen LogP contribution in [-0.4, -0.2) is 31.8 Å². The van der Waals surface area contributed by atoms with Gasteiger partial charge in [-0.2, -0.15) is 0 Å². The number of likely N-dealkylation sites (tertiary alicyclic amines) is 1. The number of rotatable bonds is 7. The second-order valence-electron chi connectivity index (χ2n) is 8.46. The first-order valence-electron chi connectivity index (χ1n) is 11.2. The van der Waals surface area contributed by atoms with Gasteiger partial charge >= 0.3 is 0 Å². The third-order valence-corrected chi connectivity index (χ3v) is 7.39. The van der Waals surface area contributed by atoms with Gasteiger partial charge in [-0.05, 0) is 80.4 Å². The van der Waals surface area contributed by atoms with Crippen molar-refractivity contribution in [3.8, 4) is 0 Å². The lowest BCUT2D eigenvalue weighted by molar-refractivity contribution is 0.102. The summed E-state index contributed by atoms with van der Waals surface area (Å²) in [5.41, 5.74) is 2.80.